The first-order chi connectivity index (χ1) is 7.54. The maximum Gasteiger partial charge on any atom is 0.307 e. The largest absolute Gasteiger partial charge is 0.481 e. The normalized spacial score (nSPS) is 10.4. The lowest BCUT2D eigenvalue weighted by atomic mass is 10.1. The molecule has 1 aromatic rings. The zero-order valence-electron chi connectivity index (χ0n) is 9.78. The predicted molar refractivity (Wildman–Crippen MR) is 64.7 cm³/mol. The van der Waals surface area contributed by atoms with Crippen LogP contribution in [-0.2, 0) is 17.0 Å². The van der Waals surface area contributed by atoms with Gasteiger partial charge in [0.05, 0.1) is 12.2 Å². The van der Waals surface area contributed by atoms with Crippen LogP contribution < -0.4 is 0 Å². The number of hydrogen-bond donors (Lipinski definition) is 1. The molecule has 0 spiro atoms. The van der Waals surface area contributed by atoms with Crippen LogP contribution in [0, 0.1) is 13.8 Å². The van der Waals surface area contributed by atoms with Crippen LogP contribution >= 0.6 is 11.8 Å². The zero-order valence-corrected chi connectivity index (χ0v) is 10.6. The Hall–Kier alpha value is -1.10. The molecule has 1 heterocycles. The maximum absolute atomic E-state index is 10.7. The second-order valence-corrected chi connectivity index (χ2v) is 4.77. The molecule has 0 aliphatic rings. The van der Waals surface area contributed by atoms with Crippen molar-refractivity contribution in [3.63, 3.8) is 0 Å². The zero-order chi connectivity index (χ0) is 12.1. The van der Waals surface area contributed by atoms with Crippen LogP contribution in [0.5, 0.6) is 0 Å². The molecule has 0 saturated heterocycles. The highest BCUT2D eigenvalue weighted by molar-refractivity contribution is 7.98. The van der Waals surface area contributed by atoms with Crippen LogP contribution in [0.15, 0.2) is 0 Å². The minimum atomic E-state index is -0.842. The molecule has 0 bridgehead atoms. The number of carboxylic acid groups (broad SMARTS) is 1. The van der Waals surface area contributed by atoms with Gasteiger partial charge in [-0.25, -0.2) is 9.97 Å². The number of thioether (sulfide) groups is 1. The number of carboxylic acids is 1. The molecule has 0 fully saturated rings. The van der Waals surface area contributed by atoms with Crippen molar-refractivity contribution in [3.8, 4) is 0 Å². The molecule has 5 heteroatoms. The summed E-state index contributed by atoms with van der Waals surface area (Å²) in [5.41, 5.74) is 2.29. The van der Waals surface area contributed by atoms with E-state index in [-0.39, 0.29) is 6.42 Å². The lowest BCUT2D eigenvalue weighted by Crippen LogP contribution is -2.09. The molecule has 0 saturated carbocycles. The highest BCUT2D eigenvalue weighted by atomic mass is 32.2. The summed E-state index contributed by atoms with van der Waals surface area (Å²) in [6, 6.07) is 0. The standard InChI is InChI=1S/C11H16N2O2S/c1-4-16-6-10-12-7(2)9(5-11(14)15)8(3)13-10/h4-6H2,1-3H3,(H,14,15). The third-order valence-electron chi connectivity index (χ3n) is 2.23. The number of aryl methyl sites for hydroxylation is 2. The van der Waals surface area contributed by atoms with E-state index < -0.39 is 5.97 Å². The van der Waals surface area contributed by atoms with E-state index in [1.54, 1.807) is 11.8 Å². The summed E-state index contributed by atoms with van der Waals surface area (Å²) < 4.78 is 0. The lowest BCUT2D eigenvalue weighted by molar-refractivity contribution is -0.136. The quantitative estimate of drug-likeness (QED) is 0.852. The molecule has 0 unspecified atom stereocenters. The Morgan fingerprint density at radius 1 is 1.31 bits per heavy atom. The number of hydrogen-bond acceptors (Lipinski definition) is 4. The molecule has 16 heavy (non-hydrogen) atoms. The molecule has 4 nitrogen and oxygen atoms in total. The van der Waals surface area contributed by atoms with Gasteiger partial charge in [-0.15, -0.1) is 0 Å². The van der Waals surface area contributed by atoms with Crippen molar-refractivity contribution in [2.45, 2.75) is 32.9 Å². The van der Waals surface area contributed by atoms with Gasteiger partial charge in [0.1, 0.15) is 5.82 Å². The summed E-state index contributed by atoms with van der Waals surface area (Å²) in [4.78, 5) is 19.3. The first kappa shape index (κ1) is 13.0. The molecule has 1 N–H and O–H groups in total. The first-order valence-electron chi connectivity index (χ1n) is 5.17. The van der Waals surface area contributed by atoms with Crippen molar-refractivity contribution in [2.75, 3.05) is 5.75 Å². The Balaban J connectivity index is 2.93. The van der Waals surface area contributed by atoms with Gasteiger partial charge in [-0.05, 0) is 19.6 Å². The number of nitrogens with zero attached hydrogens (tertiary/aromatic N) is 2. The van der Waals surface area contributed by atoms with Gasteiger partial charge in [0.15, 0.2) is 0 Å². The Kier molecular flexibility index (Phi) is 4.73. The van der Waals surface area contributed by atoms with Crippen LogP contribution in [-0.4, -0.2) is 26.8 Å². The van der Waals surface area contributed by atoms with Gasteiger partial charge in [-0.1, -0.05) is 6.92 Å². The van der Waals surface area contributed by atoms with Crippen molar-refractivity contribution in [3.05, 3.63) is 22.8 Å². The fourth-order valence-corrected chi connectivity index (χ4v) is 1.99. The van der Waals surface area contributed by atoms with Crippen LogP contribution in [0.25, 0.3) is 0 Å². The summed E-state index contributed by atoms with van der Waals surface area (Å²) in [7, 11) is 0. The van der Waals surface area contributed by atoms with Gasteiger partial charge in [0, 0.05) is 17.0 Å². The molecule has 0 atom stereocenters. The molecule has 1 rings (SSSR count). The van der Waals surface area contributed by atoms with Crippen LogP contribution in [0.1, 0.15) is 29.7 Å². The topological polar surface area (TPSA) is 63.1 Å². The number of aromatic nitrogens is 2. The first-order valence-corrected chi connectivity index (χ1v) is 6.32. The summed E-state index contributed by atoms with van der Waals surface area (Å²) in [5.74, 6) is 1.76. The van der Waals surface area contributed by atoms with Crippen LogP contribution in [0.2, 0.25) is 0 Å². The minimum absolute atomic E-state index is 0.00112. The minimum Gasteiger partial charge on any atom is -0.481 e. The molecular weight excluding hydrogens is 224 g/mol. The van der Waals surface area contributed by atoms with E-state index in [4.69, 9.17) is 5.11 Å². The third-order valence-corrected chi connectivity index (χ3v) is 3.10. The fourth-order valence-electron chi connectivity index (χ4n) is 1.47. The lowest BCUT2D eigenvalue weighted by Gasteiger charge is -2.08. The molecule has 0 aromatic carbocycles. The average Bonchev–Trinajstić information content (AvgIpc) is 2.20. The second-order valence-electron chi connectivity index (χ2n) is 3.50. The van der Waals surface area contributed by atoms with Crippen molar-refractivity contribution in [2.24, 2.45) is 0 Å². The van der Waals surface area contributed by atoms with E-state index in [1.807, 2.05) is 13.8 Å². The van der Waals surface area contributed by atoms with E-state index >= 15 is 0 Å². The van der Waals surface area contributed by atoms with Crippen LogP contribution in [0.3, 0.4) is 0 Å². The highest BCUT2D eigenvalue weighted by Crippen LogP contribution is 2.14. The fraction of sp³-hybridized carbons (Fsp3) is 0.545. The van der Waals surface area contributed by atoms with Crippen molar-refractivity contribution in [1.82, 2.24) is 9.97 Å². The Bertz CT molecular complexity index is 371. The van der Waals surface area contributed by atoms with E-state index in [0.717, 1.165) is 34.3 Å². The van der Waals surface area contributed by atoms with Crippen LogP contribution in [0.4, 0.5) is 0 Å². The molecular formula is C11H16N2O2S. The average molecular weight is 240 g/mol. The number of carbonyl (C=O) groups is 1. The SMILES string of the molecule is CCSCc1nc(C)c(CC(=O)O)c(C)n1. The van der Waals surface area contributed by atoms with Gasteiger partial charge in [0.2, 0.25) is 0 Å². The maximum atomic E-state index is 10.7. The van der Waals surface area contributed by atoms with E-state index in [2.05, 4.69) is 16.9 Å². The van der Waals surface area contributed by atoms with Gasteiger partial charge in [-0.3, -0.25) is 4.79 Å². The van der Waals surface area contributed by atoms with Gasteiger partial charge in [-0.2, -0.15) is 11.8 Å². The second kappa shape index (κ2) is 5.84. The molecule has 0 radical (unpaired) electrons. The van der Waals surface area contributed by atoms with E-state index in [1.165, 1.54) is 0 Å². The molecule has 0 aliphatic carbocycles. The van der Waals surface area contributed by atoms with Crippen molar-refractivity contribution >= 4 is 17.7 Å². The number of aliphatic carboxylic acids is 1. The highest BCUT2D eigenvalue weighted by Gasteiger charge is 2.11. The van der Waals surface area contributed by atoms with Gasteiger partial charge < -0.3 is 5.11 Å². The van der Waals surface area contributed by atoms with Crippen molar-refractivity contribution in [1.29, 1.82) is 0 Å². The molecule has 88 valence electrons. The monoisotopic (exact) mass is 240 g/mol. The number of rotatable bonds is 5. The van der Waals surface area contributed by atoms with E-state index in [9.17, 15) is 4.79 Å². The summed E-state index contributed by atoms with van der Waals surface area (Å²) in [6.45, 7) is 5.77. The summed E-state index contributed by atoms with van der Waals surface area (Å²) in [5, 5.41) is 8.77. The Labute approximate surface area is 99.5 Å². The predicted octanol–water partition coefficient (Wildman–Crippen LogP) is 1.97. The summed E-state index contributed by atoms with van der Waals surface area (Å²) in [6.07, 6.45) is -0.00112. The molecule has 1 aromatic heterocycles. The smallest absolute Gasteiger partial charge is 0.307 e. The van der Waals surface area contributed by atoms with Crippen molar-refractivity contribution < 1.29 is 9.90 Å². The Morgan fingerprint density at radius 3 is 2.31 bits per heavy atom. The molecule has 0 amide bonds. The van der Waals surface area contributed by atoms with Gasteiger partial charge >= 0.3 is 5.97 Å². The molecule has 0 aliphatic heterocycles. The van der Waals surface area contributed by atoms with Gasteiger partial charge in [0.25, 0.3) is 0 Å². The van der Waals surface area contributed by atoms with E-state index in [0.29, 0.717) is 0 Å². The summed E-state index contributed by atoms with van der Waals surface area (Å²) >= 11 is 1.76. The third kappa shape index (κ3) is 3.48. The Morgan fingerprint density at radius 2 is 1.88 bits per heavy atom.